The summed E-state index contributed by atoms with van der Waals surface area (Å²) in [6.45, 7) is 0. The summed E-state index contributed by atoms with van der Waals surface area (Å²) in [4.78, 5) is 4.46. The molecule has 116 valence electrons. The monoisotopic (exact) mass is 308 g/mol. The van der Waals surface area contributed by atoms with Gasteiger partial charge < -0.3 is 14.0 Å². The molecule has 23 heavy (non-hydrogen) atoms. The van der Waals surface area contributed by atoms with Crippen LogP contribution in [0.25, 0.3) is 22.8 Å². The van der Waals surface area contributed by atoms with E-state index in [0.29, 0.717) is 23.6 Å². The van der Waals surface area contributed by atoms with E-state index in [4.69, 9.17) is 14.0 Å². The smallest absolute Gasteiger partial charge is 0.262 e. The zero-order valence-corrected chi connectivity index (χ0v) is 12.7. The summed E-state index contributed by atoms with van der Waals surface area (Å²) in [5, 5.41) is 4.05. The van der Waals surface area contributed by atoms with E-state index >= 15 is 0 Å². The molecule has 1 fully saturated rings. The lowest BCUT2D eigenvalue weighted by Gasteiger charge is -2.09. The number of aromatic nitrogens is 2. The van der Waals surface area contributed by atoms with Crippen molar-refractivity contribution in [1.29, 1.82) is 0 Å². The van der Waals surface area contributed by atoms with Crippen molar-refractivity contribution in [2.45, 2.75) is 18.9 Å². The van der Waals surface area contributed by atoms with Crippen LogP contribution in [0.15, 0.2) is 53.1 Å². The molecule has 1 saturated carbocycles. The van der Waals surface area contributed by atoms with Gasteiger partial charge in [-0.05, 0) is 25.0 Å². The fourth-order valence-electron chi connectivity index (χ4n) is 2.34. The molecule has 1 aliphatic rings. The van der Waals surface area contributed by atoms with Gasteiger partial charge in [-0.2, -0.15) is 4.98 Å². The molecular formula is C18H16N2O3. The molecule has 0 bridgehead atoms. The van der Waals surface area contributed by atoms with Crippen molar-refractivity contribution in [2.24, 2.45) is 0 Å². The van der Waals surface area contributed by atoms with Crippen LogP contribution >= 0.6 is 0 Å². The molecule has 2 aromatic carbocycles. The molecule has 0 amide bonds. The van der Waals surface area contributed by atoms with Crippen molar-refractivity contribution in [3.8, 4) is 34.3 Å². The van der Waals surface area contributed by atoms with Gasteiger partial charge in [0.25, 0.3) is 5.89 Å². The standard InChI is InChI=1S/C18H16N2O3/c1-21-16-11-14(22-13-7-8-13)9-10-15(16)18-19-17(20-23-18)12-5-3-2-4-6-12/h2-6,9-11,13H,7-8H2,1H3. The lowest BCUT2D eigenvalue weighted by Crippen LogP contribution is -1.97. The summed E-state index contributed by atoms with van der Waals surface area (Å²) in [7, 11) is 1.62. The van der Waals surface area contributed by atoms with Crippen molar-refractivity contribution >= 4 is 0 Å². The second-order valence-electron chi connectivity index (χ2n) is 5.47. The quantitative estimate of drug-likeness (QED) is 0.714. The predicted octanol–water partition coefficient (Wildman–Crippen LogP) is 3.95. The maximum atomic E-state index is 5.79. The van der Waals surface area contributed by atoms with Gasteiger partial charge in [-0.3, -0.25) is 0 Å². The zero-order chi connectivity index (χ0) is 15.6. The Morgan fingerprint density at radius 2 is 1.91 bits per heavy atom. The summed E-state index contributed by atoms with van der Waals surface area (Å²) in [5.41, 5.74) is 1.67. The normalized spacial score (nSPS) is 13.8. The minimum Gasteiger partial charge on any atom is -0.496 e. The van der Waals surface area contributed by atoms with Gasteiger partial charge >= 0.3 is 0 Å². The molecule has 1 aromatic heterocycles. The number of ether oxygens (including phenoxy) is 2. The highest BCUT2D eigenvalue weighted by molar-refractivity contribution is 5.66. The van der Waals surface area contributed by atoms with E-state index in [-0.39, 0.29) is 0 Å². The van der Waals surface area contributed by atoms with Crippen LogP contribution in [0.4, 0.5) is 0 Å². The largest absolute Gasteiger partial charge is 0.496 e. The fraction of sp³-hybridized carbons (Fsp3) is 0.222. The average Bonchev–Trinajstić information content (AvgIpc) is 3.28. The minimum atomic E-state index is 0.346. The van der Waals surface area contributed by atoms with Gasteiger partial charge in [0.1, 0.15) is 11.5 Å². The second-order valence-corrected chi connectivity index (χ2v) is 5.47. The van der Waals surface area contributed by atoms with E-state index in [1.54, 1.807) is 7.11 Å². The Bertz CT molecular complexity index is 810. The Kier molecular flexibility index (Phi) is 3.46. The van der Waals surface area contributed by atoms with E-state index < -0.39 is 0 Å². The highest BCUT2D eigenvalue weighted by atomic mass is 16.5. The van der Waals surface area contributed by atoms with E-state index in [2.05, 4.69) is 10.1 Å². The number of hydrogen-bond acceptors (Lipinski definition) is 5. The zero-order valence-electron chi connectivity index (χ0n) is 12.7. The van der Waals surface area contributed by atoms with E-state index in [1.807, 2.05) is 48.5 Å². The van der Waals surface area contributed by atoms with Crippen molar-refractivity contribution in [3.63, 3.8) is 0 Å². The van der Waals surface area contributed by atoms with Gasteiger partial charge in [-0.15, -0.1) is 0 Å². The first-order chi connectivity index (χ1) is 11.3. The first kappa shape index (κ1) is 13.8. The molecule has 3 aromatic rings. The number of rotatable bonds is 5. The van der Waals surface area contributed by atoms with Crippen LogP contribution in [0.1, 0.15) is 12.8 Å². The molecule has 5 nitrogen and oxygen atoms in total. The Balaban J connectivity index is 1.65. The van der Waals surface area contributed by atoms with Gasteiger partial charge in [0, 0.05) is 11.6 Å². The van der Waals surface area contributed by atoms with Crippen LogP contribution in [0.5, 0.6) is 11.5 Å². The van der Waals surface area contributed by atoms with Crippen molar-refractivity contribution in [2.75, 3.05) is 7.11 Å². The molecule has 0 unspecified atom stereocenters. The van der Waals surface area contributed by atoms with Crippen LogP contribution in [-0.4, -0.2) is 23.4 Å². The third kappa shape index (κ3) is 2.90. The molecule has 0 saturated heterocycles. The maximum Gasteiger partial charge on any atom is 0.262 e. The second kappa shape index (κ2) is 5.76. The summed E-state index contributed by atoms with van der Waals surface area (Å²) >= 11 is 0. The molecule has 0 aliphatic heterocycles. The van der Waals surface area contributed by atoms with Crippen molar-refractivity contribution in [1.82, 2.24) is 10.1 Å². The maximum absolute atomic E-state index is 5.79. The van der Waals surface area contributed by atoms with Crippen LogP contribution in [0, 0.1) is 0 Å². The number of benzene rings is 2. The minimum absolute atomic E-state index is 0.346. The van der Waals surface area contributed by atoms with Crippen LogP contribution in [0.3, 0.4) is 0 Å². The van der Waals surface area contributed by atoms with Gasteiger partial charge in [0.05, 0.1) is 18.8 Å². The fourth-order valence-corrected chi connectivity index (χ4v) is 2.34. The summed E-state index contributed by atoms with van der Waals surface area (Å²) in [5.74, 6) is 2.45. The van der Waals surface area contributed by atoms with Crippen molar-refractivity contribution in [3.05, 3.63) is 48.5 Å². The van der Waals surface area contributed by atoms with E-state index in [1.165, 1.54) is 0 Å². The molecule has 4 rings (SSSR count). The van der Waals surface area contributed by atoms with Gasteiger partial charge in [-0.1, -0.05) is 35.5 Å². The molecule has 0 N–H and O–H groups in total. The Morgan fingerprint density at radius 3 is 2.65 bits per heavy atom. The highest BCUT2D eigenvalue weighted by Gasteiger charge is 2.24. The number of hydrogen-bond donors (Lipinski definition) is 0. The lowest BCUT2D eigenvalue weighted by molar-refractivity contribution is 0.301. The summed E-state index contributed by atoms with van der Waals surface area (Å²) in [6, 6.07) is 15.4. The van der Waals surface area contributed by atoms with E-state index in [0.717, 1.165) is 29.7 Å². The van der Waals surface area contributed by atoms with Crippen LogP contribution in [-0.2, 0) is 0 Å². The van der Waals surface area contributed by atoms with Gasteiger partial charge in [-0.25, -0.2) is 0 Å². The predicted molar refractivity (Wildman–Crippen MR) is 85.4 cm³/mol. The lowest BCUT2D eigenvalue weighted by atomic mass is 10.2. The number of methoxy groups -OCH3 is 1. The van der Waals surface area contributed by atoms with Crippen LogP contribution < -0.4 is 9.47 Å². The Hall–Kier alpha value is -2.82. The molecule has 1 heterocycles. The van der Waals surface area contributed by atoms with Crippen molar-refractivity contribution < 1.29 is 14.0 Å². The van der Waals surface area contributed by atoms with E-state index in [9.17, 15) is 0 Å². The molecule has 0 radical (unpaired) electrons. The number of nitrogens with zero attached hydrogens (tertiary/aromatic N) is 2. The van der Waals surface area contributed by atoms with Crippen LogP contribution in [0.2, 0.25) is 0 Å². The third-order valence-electron chi connectivity index (χ3n) is 3.69. The third-order valence-corrected chi connectivity index (χ3v) is 3.69. The SMILES string of the molecule is COc1cc(OC2CC2)ccc1-c1nc(-c2ccccc2)no1. The molecular weight excluding hydrogens is 292 g/mol. The first-order valence-corrected chi connectivity index (χ1v) is 7.57. The van der Waals surface area contributed by atoms with Gasteiger partial charge in [0.2, 0.25) is 5.82 Å². The summed E-state index contributed by atoms with van der Waals surface area (Å²) in [6.07, 6.45) is 2.58. The average molecular weight is 308 g/mol. The Morgan fingerprint density at radius 1 is 1.09 bits per heavy atom. The topological polar surface area (TPSA) is 57.4 Å². The Labute approximate surface area is 133 Å². The van der Waals surface area contributed by atoms with Gasteiger partial charge in [0.15, 0.2) is 0 Å². The first-order valence-electron chi connectivity index (χ1n) is 7.57. The summed E-state index contributed by atoms with van der Waals surface area (Å²) < 4.78 is 16.6. The molecule has 0 atom stereocenters. The molecule has 1 aliphatic carbocycles. The molecule has 0 spiro atoms. The highest BCUT2D eigenvalue weighted by Crippen LogP contribution is 2.35. The molecule has 5 heteroatoms.